The van der Waals surface area contributed by atoms with Crippen molar-refractivity contribution < 1.29 is 19.1 Å². The number of amides is 3. The molecule has 2 N–H and O–H groups in total. The number of aromatic amines is 1. The van der Waals surface area contributed by atoms with Gasteiger partial charge in [0, 0.05) is 17.6 Å². The van der Waals surface area contributed by atoms with E-state index in [1.165, 1.54) is 13.2 Å². The van der Waals surface area contributed by atoms with Gasteiger partial charge in [-0.05, 0) is 48.2 Å². The molecule has 0 atom stereocenters. The molecule has 1 saturated heterocycles. The molecule has 0 aliphatic carbocycles. The third kappa shape index (κ3) is 3.92. The highest BCUT2D eigenvalue weighted by Gasteiger charge is 2.36. The van der Waals surface area contributed by atoms with Gasteiger partial charge in [0.15, 0.2) is 0 Å². The molecule has 1 aromatic carbocycles. The standard InChI is InChI=1S/C17H14ClN3O4S/c1-25-13-5-4-11(7-12(13)18)20-15(22)9-21-16(23)14(26-17(21)24)8-10-3-2-6-19-10/h2-8,19H,9H2,1H3,(H,20,22)/b14-8+. The van der Waals surface area contributed by atoms with Crippen LogP contribution in [0.25, 0.3) is 6.08 Å². The minimum atomic E-state index is -0.505. The lowest BCUT2D eigenvalue weighted by atomic mass is 10.3. The summed E-state index contributed by atoms with van der Waals surface area (Å²) in [6, 6.07) is 8.30. The van der Waals surface area contributed by atoms with E-state index in [0.717, 1.165) is 16.7 Å². The lowest BCUT2D eigenvalue weighted by Crippen LogP contribution is -2.36. The molecule has 1 aliphatic rings. The van der Waals surface area contributed by atoms with Crippen LogP contribution < -0.4 is 10.1 Å². The molecule has 134 valence electrons. The quantitative estimate of drug-likeness (QED) is 0.762. The van der Waals surface area contributed by atoms with Crippen molar-refractivity contribution in [3.63, 3.8) is 0 Å². The Balaban J connectivity index is 1.66. The van der Waals surface area contributed by atoms with Gasteiger partial charge in [-0.25, -0.2) is 0 Å². The third-order valence-electron chi connectivity index (χ3n) is 3.52. The largest absolute Gasteiger partial charge is 0.495 e. The predicted molar refractivity (Wildman–Crippen MR) is 100 cm³/mol. The maximum absolute atomic E-state index is 12.4. The number of anilines is 1. The van der Waals surface area contributed by atoms with E-state index in [2.05, 4.69) is 10.3 Å². The second-order valence-corrected chi connectivity index (χ2v) is 6.69. The fraction of sp³-hybridized carbons (Fsp3) is 0.118. The van der Waals surface area contributed by atoms with Gasteiger partial charge < -0.3 is 15.0 Å². The van der Waals surface area contributed by atoms with Crippen LogP contribution in [0.4, 0.5) is 10.5 Å². The summed E-state index contributed by atoms with van der Waals surface area (Å²) in [7, 11) is 1.49. The molecule has 26 heavy (non-hydrogen) atoms. The maximum atomic E-state index is 12.4. The van der Waals surface area contributed by atoms with E-state index in [9.17, 15) is 14.4 Å². The number of nitrogens with one attached hydrogen (secondary N) is 2. The molecule has 0 saturated carbocycles. The van der Waals surface area contributed by atoms with E-state index < -0.39 is 17.1 Å². The molecule has 9 heteroatoms. The van der Waals surface area contributed by atoms with Crippen LogP contribution in [0.15, 0.2) is 41.4 Å². The maximum Gasteiger partial charge on any atom is 0.294 e. The summed E-state index contributed by atoms with van der Waals surface area (Å²) in [5, 5.41) is 2.45. The number of halogens is 1. The fourth-order valence-corrected chi connectivity index (χ4v) is 3.39. The summed E-state index contributed by atoms with van der Waals surface area (Å²) in [4.78, 5) is 40.7. The van der Waals surface area contributed by atoms with Crippen molar-refractivity contribution >= 4 is 52.2 Å². The summed E-state index contributed by atoms with van der Waals surface area (Å²) < 4.78 is 5.04. The molecule has 0 radical (unpaired) electrons. The average Bonchev–Trinajstić information content (AvgIpc) is 3.19. The number of methoxy groups -OCH3 is 1. The fourth-order valence-electron chi connectivity index (χ4n) is 2.30. The molecular formula is C17H14ClN3O4S. The molecule has 1 aromatic heterocycles. The summed E-state index contributed by atoms with van der Waals surface area (Å²) in [6.07, 6.45) is 3.29. The second-order valence-electron chi connectivity index (χ2n) is 5.29. The summed E-state index contributed by atoms with van der Waals surface area (Å²) >= 11 is 6.80. The van der Waals surface area contributed by atoms with Gasteiger partial charge in [-0.3, -0.25) is 19.3 Å². The molecule has 2 heterocycles. The third-order valence-corrected chi connectivity index (χ3v) is 4.72. The zero-order valence-corrected chi connectivity index (χ0v) is 15.2. The lowest BCUT2D eigenvalue weighted by molar-refractivity contribution is -0.127. The number of hydrogen-bond acceptors (Lipinski definition) is 5. The monoisotopic (exact) mass is 391 g/mol. The number of carbonyl (C=O) groups is 3. The first-order chi connectivity index (χ1) is 12.5. The first-order valence-electron chi connectivity index (χ1n) is 7.50. The number of imide groups is 1. The van der Waals surface area contributed by atoms with Gasteiger partial charge in [0.1, 0.15) is 12.3 Å². The zero-order valence-electron chi connectivity index (χ0n) is 13.6. The highest BCUT2D eigenvalue weighted by atomic mass is 35.5. The summed E-state index contributed by atoms with van der Waals surface area (Å²) in [5.41, 5.74) is 1.14. The van der Waals surface area contributed by atoms with Crippen LogP contribution in [0.5, 0.6) is 5.75 Å². The van der Waals surface area contributed by atoms with Crippen molar-refractivity contribution in [3.05, 3.63) is 52.2 Å². The van der Waals surface area contributed by atoms with Gasteiger partial charge in [-0.15, -0.1) is 0 Å². The van der Waals surface area contributed by atoms with Crippen molar-refractivity contribution in [2.45, 2.75) is 0 Å². The van der Waals surface area contributed by atoms with Crippen molar-refractivity contribution in [3.8, 4) is 5.75 Å². The molecule has 0 unspecified atom stereocenters. The van der Waals surface area contributed by atoms with Crippen LogP contribution in [-0.4, -0.2) is 40.6 Å². The van der Waals surface area contributed by atoms with Crippen molar-refractivity contribution in [1.29, 1.82) is 0 Å². The first kappa shape index (κ1) is 18.1. The molecule has 3 rings (SSSR count). The van der Waals surface area contributed by atoms with E-state index in [1.807, 2.05) is 0 Å². The topological polar surface area (TPSA) is 91.5 Å². The van der Waals surface area contributed by atoms with Gasteiger partial charge >= 0.3 is 0 Å². The Morgan fingerprint density at radius 3 is 2.85 bits per heavy atom. The van der Waals surface area contributed by atoms with E-state index in [-0.39, 0.29) is 11.4 Å². The van der Waals surface area contributed by atoms with Crippen molar-refractivity contribution in [1.82, 2.24) is 9.88 Å². The van der Waals surface area contributed by atoms with Crippen molar-refractivity contribution in [2.24, 2.45) is 0 Å². The normalized spacial score (nSPS) is 15.6. The second kappa shape index (κ2) is 7.67. The number of aromatic nitrogens is 1. The zero-order chi connectivity index (χ0) is 18.7. The Morgan fingerprint density at radius 1 is 1.38 bits per heavy atom. The average molecular weight is 392 g/mol. The minimum Gasteiger partial charge on any atom is -0.495 e. The van der Waals surface area contributed by atoms with E-state index >= 15 is 0 Å². The number of ether oxygens (including phenoxy) is 1. The Bertz CT molecular complexity index is 895. The molecular weight excluding hydrogens is 378 g/mol. The number of carbonyl (C=O) groups excluding carboxylic acids is 3. The summed E-state index contributed by atoms with van der Waals surface area (Å²) in [6.45, 7) is -0.379. The molecule has 1 fully saturated rings. The molecule has 2 aromatic rings. The Labute approximate surface area is 158 Å². The SMILES string of the molecule is COc1ccc(NC(=O)CN2C(=O)S/C(=C/c3ccc[nH]3)C2=O)cc1Cl. The highest BCUT2D eigenvalue weighted by molar-refractivity contribution is 8.18. The molecule has 1 aliphatic heterocycles. The number of H-pyrrole nitrogens is 1. The number of rotatable bonds is 5. The Kier molecular flexibility index (Phi) is 5.34. The van der Waals surface area contributed by atoms with Crippen LogP contribution in [0.2, 0.25) is 5.02 Å². The van der Waals surface area contributed by atoms with Gasteiger partial charge in [-0.2, -0.15) is 0 Å². The number of hydrogen-bond donors (Lipinski definition) is 2. The Hall–Kier alpha value is -2.71. The van der Waals surface area contributed by atoms with Gasteiger partial charge in [0.05, 0.1) is 17.0 Å². The minimum absolute atomic E-state index is 0.262. The number of benzene rings is 1. The number of thioether (sulfide) groups is 1. The van der Waals surface area contributed by atoms with Crippen LogP contribution in [-0.2, 0) is 9.59 Å². The van der Waals surface area contributed by atoms with Crippen molar-refractivity contribution in [2.75, 3.05) is 19.0 Å². The van der Waals surface area contributed by atoms with Gasteiger partial charge in [-0.1, -0.05) is 11.6 Å². The van der Waals surface area contributed by atoms with Gasteiger partial charge in [0.25, 0.3) is 11.1 Å². The van der Waals surface area contributed by atoms with Gasteiger partial charge in [0.2, 0.25) is 5.91 Å². The van der Waals surface area contributed by atoms with E-state index in [1.54, 1.807) is 36.5 Å². The molecule has 7 nitrogen and oxygen atoms in total. The number of nitrogens with zero attached hydrogens (tertiary/aromatic N) is 1. The Morgan fingerprint density at radius 2 is 2.19 bits per heavy atom. The van der Waals surface area contributed by atoms with Crippen LogP contribution >= 0.6 is 23.4 Å². The van der Waals surface area contributed by atoms with Crippen LogP contribution in [0.3, 0.4) is 0 Å². The van der Waals surface area contributed by atoms with E-state index in [4.69, 9.17) is 16.3 Å². The van der Waals surface area contributed by atoms with Crippen LogP contribution in [0, 0.1) is 0 Å². The first-order valence-corrected chi connectivity index (χ1v) is 8.69. The molecule has 3 amide bonds. The lowest BCUT2D eigenvalue weighted by Gasteiger charge is -2.13. The highest BCUT2D eigenvalue weighted by Crippen LogP contribution is 2.32. The molecule has 0 bridgehead atoms. The predicted octanol–water partition coefficient (Wildman–Crippen LogP) is 3.35. The van der Waals surface area contributed by atoms with E-state index in [0.29, 0.717) is 22.2 Å². The molecule has 0 spiro atoms. The summed E-state index contributed by atoms with van der Waals surface area (Å²) in [5.74, 6) is -0.530. The smallest absolute Gasteiger partial charge is 0.294 e. The van der Waals surface area contributed by atoms with Crippen LogP contribution in [0.1, 0.15) is 5.69 Å².